The number of halogens is 1. The Morgan fingerprint density at radius 3 is 2.88 bits per heavy atom. The molecule has 0 radical (unpaired) electrons. The lowest BCUT2D eigenvalue weighted by Gasteiger charge is -2.14. The van der Waals surface area contributed by atoms with E-state index in [0.29, 0.717) is 33.5 Å². The smallest absolute Gasteiger partial charge is 0.277 e. The van der Waals surface area contributed by atoms with Gasteiger partial charge in [0, 0.05) is 17.0 Å². The highest BCUT2D eigenvalue weighted by Gasteiger charge is 2.30. The van der Waals surface area contributed by atoms with Crippen molar-refractivity contribution in [1.82, 2.24) is 10.2 Å². The summed E-state index contributed by atoms with van der Waals surface area (Å²) in [6, 6.07) is 3.47. The molecule has 1 aromatic carbocycles. The van der Waals surface area contributed by atoms with Gasteiger partial charge in [-0.15, -0.1) is 10.2 Å². The van der Waals surface area contributed by atoms with Gasteiger partial charge in [-0.05, 0) is 38.3 Å². The number of amides is 1. The Hall–Kier alpha value is -1.73. The predicted molar refractivity (Wildman–Crippen MR) is 93.0 cm³/mol. The summed E-state index contributed by atoms with van der Waals surface area (Å²) in [5.74, 6) is 1.41. The Labute approximate surface area is 149 Å². The first kappa shape index (κ1) is 17.1. The predicted octanol–water partition coefficient (Wildman–Crippen LogP) is 4.04. The summed E-state index contributed by atoms with van der Waals surface area (Å²) in [6.45, 7) is 3.66. The van der Waals surface area contributed by atoms with Crippen molar-refractivity contribution >= 4 is 35.0 Å². The van der Waals surface area contributed by atoms with Crippen molar-refractivity contribution in [3.63, 3.8) is 0 Å². The van der Waals surface area contributed by atoms with E-state index in [1.807, 2.05) is 6.92 Å². The lowest BCUT2D eigenvalue weighted by atomic mass is 10.2. The fraction of sp³-hybridized carbons (Fsp3) is 0.438. The van der Waals surface area contributed by atoms with Gasteiger partial charge < -0.3 is 14.5 Å². The Morgan fingerprint density at radius 2 is 2.21 bits per heavy atom. The molecule has 128 valence electrons. The number of benzene rings is 1. The van der Waals surface area contributed by atoms with E-state index in [1.165, 1.54) is 18.9 Å². The highest BCUT2D eigenvalue weighted by molar-refractivity contribution is 8.00. The third kappa shape index (κ3) is 3.84. The molecule has 1 fully saturated rings. The normalized spacial score (nSPS) is 15.2. The molecular weight excluding hydrogens is 350 g/mol. The molecule has 1 heterocycles. The van der Waals surface area contributed by atoms with E-state index in [2.05, 4.69) is 15.5 Å². The molecule has 24 heavy (non-hydrogen) atoms. The number of nitrogens with zero attached hydrogens (tertiary/aromatic N) is 2. The van der Waals surface area contributed by atoms with E-state index >= 15 is 0 Å². The molecule has 0 saturated heterocycles. The molecule has 0 spiro atoms. The molecule has 1 aliphatic rings. The highest BCUT2D eigenvalue weighted by Crippen LogP contribution is 2.40. The van der Waals surface area contributed by atoms with Gasteiger partial charge in [0.25, 0.3) is 5.22 Å². The minimum atomic E-state index is -0.391. The molecule has 6 nitrogen and oxygen atoms in total. The topological polar surface area (TPSA) is 77.2 Å². The zero-order chi connectivity index (χ0) is 17.3. The van der Waals surface area contributed by atoms with E-state index < -0.39 is 5.25 Å². The molecule has 1 saturated carbocycles. The SMILES string of the molecule is COc1cc(Cl)c(C)cc1NC(=O)[C@H](C)Sc1nnc(C2CC2)o1. The van der Waals surface area contributed by atoms with Gasteiger partial charge in [0.05, 0.1) is 18.0 Å². The van der Waals surface area contributed by atoms with Crippen LogP contribution in [0, 0.1) is 6.92 Å². The fourth-order valence-corrected chi connectivity index (χ4v) is 2.98. The number of rotatable bonds is 6. The van der Waals surface area contributed by atoms with Crippen LogP contribution in [-0.4, -0.2) is 28.5 Å². The first-order chi connectivity index (χ1) is 11.5. The summed E-state index contributed by atoms with van der Waals surface area (Å²) in [5, 5.41) is 11.5. The first-order valence-electron chi connectivity index (χ1n) is 7.63. The number of hydrogen-bond acceptors (Lipinski definition) is 6. The summed E-state index contributed by atoms with van der Waals surface area (Å²) < 4.78 is 10.8. The summed E-state index contributed by atoms with van der Waals surface area (Å²) in [5.41, 5.74) is 1.44. The first-order valence-corrected chi connectivity index (χ1v) is 8.88. The average Bonchev–Trinajstić information content (AvgIpc) is 3.30. The van der Waals surface area contributed by atoms with Crippen molar-refractivity contribution in [3.8, 4) is 5.75 Å². The van der Waals surface area contributed by atoms with Gasteiger partial charge in [0.1, 0.15) is 5.75 Å². The van der Waals surface area contributed by atoms with Crippen LogP contribution in [0.5, 0.6) is 5.75 Å². The molecule has 1 amide bonds. The number of nitrogens with one attached hydrogen (secondary N) is 1. The monoisotopic (exact) mass is 367 g/mol. The van der Waals surface area contributed by atoms with Gasteiger partial charge in [0.15, 0.2) is 0 Å². The maximum atomic E-state index is 12.4. The minimum absolute atomic E-state index is 0.175. The standard InChI is InChI=1S/C16H18ClN3O3S/c1-8-6-12(13(22-3)7-11(8)17)18-14(21)9(2)24-16-20-19-15(23-16)10-4-5-10/h6-7,9-10H,4-5H2,1-3H3,(H,18,21)/t9-/m0/s1. The van der Waals surface area contributed by atoms with Crippen LogP contribution in [0.3, 0.4) is 0 Å². The molecule has 1 aromatic heterocycles. The maximum absolute atomic E-state index is 12.4. The van der Waals surface area contributed by atoms with Gasteiger partial charge in [-0.2, -0.15) is 0 Å². The van der Waals surface area contributed by atoms with Gasteiger partial charge in [-0.25, -0.2) is 0 Å². The molecule has 2 aromatic rings. The molecule has 8 heteroatoms. The number of carbonyl (C=O) groups is 1. The Balaban J connectivity index is 1.66. The van der Waals surface area contributed by atoms with Crippen molar-refractivity contribution < 1.29 is 13.9 Å². The summed E-state index contributed by atoms with van der Waals surface area (Å²) in [4.78, 5) is 12.4. The van der Waals surface area contributed by atoms with Crippen LogP contribution in [0.4, 0.5) is 5.69 Å². The van der Waals surface area contributed by atoms with Gasteiger partial charge in [-0.3, -0.25) is 4.79 Å². The largest absolute Gasteiger partial charge is 0.495 e. The number of aromatic nitrogens is 2. The second-order valence-corrected chi connectivity index (χ2v) is 7.43. The Kier molecular flexibility index (Phi) is 5.01. The van der Waals surface area contributed by atoms with E-state index in [0.717, 1.165) is 18.4 Å². The highest BCUT2D eigenvalue weighted by atomic mass is 35.5. The molecule has 1 atom stereocenters. The molecule has 3 rings (SSSR count). The molecular formula is C16H18ClN3O3S. The quantitative estimate of drug-likeness (QED) is 0.776. The van der Waals surface area contributed by atoms with Crippen molar-refractivity contribution in [3.05, 3.63) is 28.6 Å². The molecule has 1 aliphatic carbocycles. The summed E-state index contributed by atoms with van der Waals surface area (Å²) in [7, 11) is 1.53. The minimum Gasteiger partial charge on any atom is -0.495 e. The van der Waals surface area contributed by atoms with Crippen LogP contribution in [0.25, 0.3) is 0 Å². The second-order valence-electron chi connectivity index (χ2n) is 5.73. The summed E-state index contributed by atoms with van der Waals surface area (Å²) in [6.07, 6.45) is 2.19. The van der Waals surface area contributed by atoms with Crippen LogP contribution in [0.2, 0.25) is 5.02 Å². The number of hydrogen-bond donors (Lipinski definition) is 1. The molecule has 1 N–H and O–H groups in total. The van der Waals surface area contributed by atoms with Crippen LogP contribution in [0.1, 0.15) is 37.1 Å². The Bertz CT molecular complexity index is 761. The number of thioether (sulfide) groups is 1. The van der Waals surface area contributed by atoms with Crippen LogP contribution in [0.15, 0.2) is 21.8 Å². The van der Waals surface area contributed by atoms with E-state index in [-0.39, 0.29) is 5.91 Å². The van der Waals surface area contributed by atoms with E-state index in [4.69, 9.17) is 20.8 Å². The lowest BCUT2D eigenvalue weighted by molar-refractivity contribution is -0.115. The van der Waals surface area contributed by atoms with Gasteiger partial charge >= 0.3 is 0 Å². The number of aryl methyl sites for hydroxylation is 1. The van der Waals surface area contributed by atoms with Crippen LogP contribution in [-0.2, 0) is 4.79 Å². The summed E-state index contributed by atoms with van der Waals surface area (Å²) >= 11 is 7.32. The third-order valence-electron chi connectivity index (χ3n) is 3.73. The number of ether oxygens (including phenoxy) is 1. The zero-order valence-corrected chi connectivity index (χ0v) is 15.2. The van der Waals surface area contributed by atoms with Crippen LogP contribution < -0.4 is 10.1 Å². The van der Waals surface area contributed by atoms with Crippen molar-refractivity contribution in [2.75, 3.05) is 12.4 Å². The van der Waals surface area contributed by atoms with Crippen LogP contribution >= 0.6 is 23.4 Å². The van der Waals surface area contributed by atoms with Crippen molar-refractivity contribution in [2.24, 2.45) is 0 Å². The number of anilines is 1. The van der Waals surface area contributed by atoms with E-state index in [1.54, 1.807) is 19.1 Å². The average molecular weight is 368 g/mol. The molecule has 0 unspecified atom stereocenters. The molecule has 0 bridgehead atoms. The van der Waals surface area contributed by atoms with Crippen molar-refractivity contribution in [1.29, 1.82) is 0 Å². The number of methoxy groups -OCH3 is 1. The van der Waals surface area contributed by atoms with Gasteiger partial charge in [0.2, 0.25) is 11.8 Å². The second kappa shape index (κ2) is 7.03. The fourth-order valence-electron chi connectivity index (χ4n) is 2.13. The van der Waals surface area contributed by atoms with Crippen molar-refractivity contribution in [2.45, 2.75) is 43.1 Å². The lowest BCUT2D eigenvalue weighted by Crippen LogP contribution is -2.22. The van der Waals surface area contributed by atoms with E-state index in [9.17, 15) is 4.79 Å². The molecule has 0 aliphatic heterocycles. The zero-order valence-electron chi connectivity index (χ0n) is 13.6. The van der Waals surface area contributed by atoms with Gasteiger partial charge in [-0.1, -0.05) is 23.4 Å². The number of carbonyl (C=O) groups excluding carboxylic acids is 1. The maximum Gasteiger partial charge on any atom is 0.277 e. The third-order valence-corrected chi connectivity index (χ3v) is 5.08. The Morgan fingerprint density at radius 1 is 1.46 bits per heavy atom.